The summed E-state index contributed by atoms with van der Waals surface area (Å²) in [6.07, 6.45) is 2.74. The van der Waals surface area contributed by atoms with Gasteiger partial charge in [0.15, 0.2) is 0 Å². The average molecular weight is 242 g/mol. The monoisotopic (exact) mass is 242 g/mol. The van der Waals surface area contributed by atoms with Crippen LogP contribution < -0.4 is 5.32 Å². The van der Waals surface area contributed by atoms with Crippen LogP contribution in [0.1, 0.15) is 19.3 Å². The van der Waals surface area contributed by atoms with Crippen LogP contribution in [0.25, 0.3) is 0 Å². The minimum absolute atomic E-state index is 0.132. The molecule has 0 bridgehead atoms. The van der Waals surface area contributed by atoms with Crippen LogP contribution in [-0.2, 0) is 14.3 Å². The molecule has 2 aliphatic rings. The zero-order chi connectivity index (χ0) is 11.9. The molecule has 0 radical (unpaired) electrons. The molecule has 0 spiro atoms. The largest absolute Gasteiger partial charge is 0.381 e. The van der Waals surface area contributed by atoms with E-state index in [1.807, 2.05) is 0 Å². The molecule has 0 saturated carbocycles. The van der Waals surface area contributed by atoms with Crippen molar-refractivity contribution in [1.29, 1.82) is 0 Å². The second kappa shape index (κ2) is 6.93. The van der Waals surface area contributed by atoms with Crippen molar-refractivity contribution >= 4 is 5.91 Å². The van der Waals surface area contributed by atoms with E-state index in [9.17, 15) is 4.79 Å². The molecule has 1 amide bonds. The van der Waals surface area contributed by atoms with Gasteiger partial charge in [-0.05, 0) is 12.8 Å². The molecule has 0 aliphatic carbocycles. The second-order valence-corrected chi connectivity index (χ2v) is 4.59. The van der Waals surface area contributed by atoms with E-state index in [1.165, 1.54) is 0 Å². The molecule has 17 heavy (non-hydrogen) atoms. The molecule has 0 aromatic heterocycles. The molecule has 2 fully saturated rings. The number of hydrogen-bond donors (Lipinski definition) is 1. The van der Waals surface area contributed by atoms with Crippen LogP contribution in [-0.4, -0.2) is 62.9 Å². The summed E-state index contributed by atoms with van der Waals surface area (Å²) in [5.41, 5.74) is 0. The molecule has 0 unspecified atom stereocenters. The Hall–Kier alpha value is -0.650. The standard InChI is InChI=1S/C12H22N2O3/c15-12-1-5-14(6-10-17-9-4-13-12)11-2-7-16-8-3-11/h11H,1-10H2,(H,13,15). The maximum Gasteiger partial charge on any atom is 0.221 e. The number of hydrogen-bond acceptors (Lipinski definition) is 4. The van der Waals surface area contributed by atoms with Gasteiger partial charge in [-0.25, -0.2) is 0 Å². The smallest absolute Gasteiger partial charge is 0.221 e. The maximum atomic E-state index is 11.5. The third-order valence-corrected chi connectivity index (χ3v) is 3.42. The topological polar surface area (TPSA) is 50.8 Å². The maximum absolute atomic E-state index is 11.5. The molecule has 0 aromatic rings. The third-order valence-electron chi connectivity index (χ3n) is 3.42. The lowest BCUT2D eigenvalue weighted by atomic mass is 10.1. The number of carbonyl (C=O) groups is 1. The first-order chi connectivity index (χ1) is 8.36. The van der Waals surface area contributed by atoms with E-state index in [4.69, 9.17) is 9.47 Å². The molecule has 2 aliphatic heterocycles. The molecular weight excluding hydrogens is 220 g/mol. The van der Waals surface area contributed by atoms with Crippen molar-refractivity contribution in [3.8, 4) is 0 Å². The van der Waals surface area contributed by atoms with E-state index >= 15 is 0 Å². The summed E-state index contributed by atoms with van der Waals surface area (Å²) in [5.74, 6) is 0.132. The Balaban J connectivity index is 1.85. The van der Waals surface area contributed by atoms with Gasteiger partial charge in [0.1, 0.15) is 0 Å². The van der Waals surface area contributed by atoms with E-state index in [1.54, 1.807) is 0 Å². The lowest BCUT2D eigenvalue weighted by molar-refractivity contribution is -0.122. The van der Waals surface area contributed by atoms with E-state index in [0.29, 0.717) is 25.6 Å². The summed E-state index contributed by atoms with van der Waals surface area (Å²) in [6.45, 7) is 5.46. The number of rotatable bonds is 1. The molecule has 2 rings (SSSR count). The number of nitrogens with one attached hydrogen (secondary N) is 1. The lowest BCUT2D eigenvalue weighted by Crippen LogP contribution is -2.44. The summed E-state index contributed by atoms with van der Waals surface area (Å²) < 4.78 is 10.9. The third kappa shape index (κ3) is 4.26. The summed E-state index contributed by atoms with van der Waals surface area (Å²) in [6, 6.07) is 0.555. The van der Waals surface area contributed by atoms with Gasteiger partial charge in [0.25, 0.3) is 0 Å². The summed E-state index contributed by atoms with van der Waals surface area (Å²) in [4.78, 5) is 13.9. The van der Waals surface area contributed by atoms with Crippen molar-refractivity contribution in [3.63, 3.8) is 0 Å². The summed E-state index contributed by atoms with van der Waals surface area (Å²) in [5, 5.41) is 2.86. The van der Waals surface area contributed by atoms with Crippen molar-refractivity contribution < 1.29 is 14.3 Å². The first-order valence-electron chi connectivity index (χ1n) is 6.52. The fourth-order valence-corrected chi connectivity index (χ4v) is 2.41. The molecule has 2 heterocycles. The zero-order valence-electron chi connectivity index (χ0n) is 10.3. The van der Waals surface area contributed by atoms with Crippen LogP contribution >= 0.6 is 0 Å². The Bertz CT molecular complexity index is 242. The van der Waals surface area contributed by atoms with Gasteiger partial charge >= 0.3 is 0 Å². The van der Waals surface area contributed by atoms with Crippen molar-refractivity contribution in [2.45, 2.75) is 25.3 Å². The molecule has 98 valence electrons. The Morgan fingerprint density at radius 2 is 1.82 bits per heavy atom. The Morgan fingerprint density at radius 3 is 2.65 bits per heavy atom. The van der Waals surface area contributed by atoms with Gasteiger partial charge in [-0.2, -0.15) is 0 Å². The van der Waals surface area contributed by atoms with Gasteiger partial charge in [-0.3, -0.25) is 9.69 Å². The highest BCUT2D eigenvalue weighted by Gasteiger charge is 2.22. The fourth-order valence-electron chi connectivity index (χ4n) is 2.41. The van der Waals surface area contributed by atoms with Crippen molar-refractivity contribution in [1.82, 2.24) is 10.2 Å². The van der Waals surface area contributed by atoms with Crippen molar-refractivity contribution in [2.24, 2.45) is 0 Å². The number of ether oxygens (including phenoxy) is 2. The first kappa shape index (κ1) is 12.8. The van der Waals surface area contributed by atoms with Gasteiger partial charge in [-0.15, -0.1) is 0 Å². The van der Waals surface area contributed by atoms with Gasteiger partial charge in [0, 0.05) is 45.3 Å². The van der Waals surface area contributed by atoms with E-state index < -0.39 is 0 Å². The van der Waals surface area contributed by atoms with Crippen LogP contribution in [0.2, 0.25) is 0 Å². The molecule has 0 atom stereocenters. The summed E-state index contributed by atoms with van der Waals surface area (Å²) >= 11 is 0. The average Bonchev–Trinajstić information content (AvgIpc) is 2.38. The molecular formula is C12H22N2O3. The zero-order valence-corrected chi connectivity index (χ0v) is 10.3. The van der Waals surface area contributed by atoms with Crippen LogP contribution in [0.15, 0.2) is 0 Å². The summed E-state index contributed by atoms with van der Waals surface area (Å²) in [7, 11) is 0. The van der Waals surface area contributed by atoms with Crippen LogP contribution in [0, 0.1) is 0 Å². The highest BCUT2D eigenvalue weighted by Crippen LogP contribution is 2.14. The minimum Gasteiger partial charge on any atom is -0.381 e. The number of amides is 1. The first-order valence-corrected chi connectivity index (χ1v) is 6.52. The highest BCUT2D eigenvalue weighted by atomic mass is 16.5. The second-order valence-electron chi connectivity index (χ2n) is 4.59. The normalized spacial score (nSPS) is 26.5. The number of nitrogens with zero attached hydrogens (tertiary/aromatic N) is 1. The molecule has 0 aromatic carbocycles. The Kier molecular flexibility index (Phi) is 5.22. The van der Waals surface area contributed by atoms with Gasteiger partial charge in [0.05, 0.1) is 13.2 Å². The lowest BCUT2D eigenvalue weighted by Gasteiger charge is -2.34. The number of carbonyl (C=O) groups excluding carboxylic acids is 1. The predicted molar refractivity (Wildman–Crippen MR) is 63.9 cm³/mol. The highest BCUT2D eigenvalue weighted by molar-refractivity contribution is 5.76. The molecule has 5 heteroatoms. The van der Waals surface area contributed by atoms with E-state index in [0.717, 1.165) is 45.8 Å². The van der Waals surface area contributed by atoms with Crippen LogP contribution in [0.3, 0.4) is 0 Å². The Morgan fingerprint density at radius 1 is 1.06 bits per heavy atom. The van der Waals surface area contributed by atoms with Crippen molar-refractivity contribution in [3.05, 3.63) is 0 Å². The SMILES string of the molecule is O=C1CCN(C2CCOCC2)CCOCCN1. The van der Waals surface area contributed by atoms with E-state index in [2.05, 4.69) is 10.2 Å². The predicted octanol–water partition coefficient (Wildman–Crippen LogP) is 0.00390. The van der Waals surface area contributed by atoms with Gasteiger partial charge in [0.2, 0.25) is 5.91 Å². The van der Waals surface area contributed by atoms with Crippen LogP contribution in [0.5, 0.6) is 0 Å². The minimum atomic E-state index is 0.132. The van der Waals surface area contributed by atoms with Gasteiger partial charge in [-0.1, -0.05) is 0 Å². The molecule has 2 saturated heterocycles. The van der Waals surface area contributed by atoms with Crippen molar-refractivity contribution in [2.75, 3.05) is 46.1 Å². The Labute approximate surface area is 102 Å². The molecule has 1 N–H and O–H groups in total. The van der Waals surface area contributed by atoms with Crippen LogP contribution in [0.4, 0.5) is 0 Å². The fraction of sp³-hybridized carbons (Fsp3) is 0.917. The molecule has 5 nitrogen and oxygen atoms in total. The van der Waals surface area contributed by atoms with E-state index in [-0.39, 0.29) is 5.91 Å². The van der Waals surface area contributed by atoms with Gasteiger partial charge < -0.3 is 14.8 Å². The quantitative estimate of drug-likeness (QED) is 0.703.